The van der Waals surface area contributed by atoms with E-state index in [9.17, 15) is 0 Å². The van der Waals surface area contributed by atoms with Gasteiger partial charge in [0.25, 0.3) is 0 Å². The highest BCUT2D eigenvalue weighted by Gasteiger charge is 1.95. The van der Waals surface area contributed by atoms with Crippen LogP contribution in [0.3, 0.4) is 0 Å². The maximum Gasteiger partial charge on any atom is -0.0210 e. The molecule has 0 aliphatic rings. The van der Waals surface area contributed by atoms with E-state index in [4.69, 9.17) is 12.2 Å². The van der Waals surface area contributed by atoms with Gasteiger partial charge in [0.05, 0.1) is 0 Å². The topological polar surface area (TPSA) is 0 Å². The third-order valence-corrected chi connectivity index (χ3v) is 5.66. The number of unbranched alkanes of at least 4 members (excludes halogenated alkanes) is 21. The standard InChI is InChI=1S/C24H48S/c1-2-3-4-5-6-7-8-9-10-11-12-13-14-15-16-17-18-19-20-21-22-23-24-25/h24H,2-23H2,1H3. The zero-order valence-electron chi connectivity index (χ0n) is 17.5. The van der Waals surface area contributed by atoms with Gasteiger partial charge < -0.3 is 0 Å². The molecule has 0 nitrogen and oxygen atoms in total. The molecule has 0 N–H and O–H groups in total. The van der Waals surface area contributed by atoms with E-state index in [1.165, 1.54) is 135 Å². The lowest BCUT2D eigenvalue weighted by molar-refractivity contribution is 0.521. The van der Waals surface area contributed by atoms with Crippen molar-refractivity contribution in [2.24, 2.45) is 0 Å². The number of rotatable bonds is 22. The maximum absolute atomic E-state index is 4.85. The van der Waals surface area contributed by atoms with Crippen LogP contribution < -0.4 is 0 Å². The van der Waals surface area contributed by atoms with Crippen molar-refractivity contribution in [2.45, 2.75) is 148 Å². The molecule has 1 heteroatoms. The van der Waals surface area contributed by atoms with Crippen LogP contribution in [0, 0.1) is 0 Å². The Kier molecular flexibility index (Phi) is 24.2. The molecule has 0 bridgehead atoms. The molecule has 0 saturated heterocycles. The van der Waals surface area contributed by atoms with E-state index in [1.807, 2.05) is 5.37 Å². The summed E-state index contributed by atoms with van der Waals surface area (Å²) in [5.74, 6) is 0. The molecule has 0 saturated carbocycles. The highest BCUT2D eigenvalue weighted by molar-refractivity contribution is 7.78. The fraction of sp³-hybridized carbons (Fsp3) is 0.958. The van der Waals surface area contributed by atoms with Crippen LogP contribution in [0.5, 0.6) is 0 Å². The molecule has 0 aromatic rings. The molecule has 0 unspecified atom stereocenters. The van der Waals surface area contributed by atoms with Crippen LogP contribution in [0.25, 0.3) is 0 Å². The van der Waals surface area contributed by atoms with Crippen LogP contribution in [0.1, 0.15) is 148 Å². The minimum Gasteiger partial charge on any atom is -0.0935 e. The Balaban J connectivity index is 2.95. The quantitative estimate of drug-likeness (QED) is 0.135. The molecular weight excluding hydrogens is 320 g/mol. The predicted molar refractivity (Wildman–Crippen MR) is 121 cm³/mol. The average Bonchev–Trinajstić information content (AvgIpc) is 2.63. The second-order valence-corrected chi connectivity index (χ2v) is 8.36. The van der Waals surface area contributed by atoms with Crippen molar-refractivity contribution in [3.63, 3.8) is 0 Å². The van der Waals surface area contributed by atoms with Gasteiger partial charge in [0.1, 0.15) is 0 Å². The maximum atomic E-state index is 4.85. The lowest BCUT2D eigenvalue weighted by atomic mass is 10.0. The SMILES string of the molecule is CCCCCCCCCCCCCCCCCCCCCCCC=S. The minimum atomic E-state index is 1.13. The molecule has 0 radical (unpaired) electrons. The first kappa shape index (κ1) is 25.1. The van der Waals surface area contributed by atoms with Crippen LogP contribution in [-0.4, -0.2) is 5.37 Å². The van der Waals surface area contributed by atoms with Gasteiger partial charge in [-0.25, -0.2) is 0 Å². The van der Waals surface area contributed by atoms with Crippen LogP contribution in [0.2, 0.25) is 0 Å². The molecule has 0 amide bonds. The summed E-state index contributed by atoms with van der Waals surface area (Å²) in [6.45, 7) is 2.30. The van der Waals surface area contributed by atoms with Crippen molar-refractivity contribution in [3.8, 4) is 0 Å². The smallest absolute Gasteiger partial charge is 0.0210 e. The van der Waals surface area contributed by atoms with Crippen molar-refractivity contribution in [3.05, 3.63) is 0 Å². The van der Waals surface area contributed by atoms with Crippen LogP contribution in [0.4, 0.5) is 0 Å². The van der Waals surface area contributed by atoms with Gasteiger partial charge in [-0.05, 0) is 18.2 Å². The Morgan fingerprint density at radius 2 is 0.640 bits per heavy atom. The van der Waals surface area contributed by atoms with E-state index < -0.39 is 0 Å². The molecule has 0 heterocycles. The summed E-state index contributed by atoms with van der Waals surface area (Å²) in [7, 11) is 0. The zero-order valence-corrected chi connectivity index (χ0v) is 18.4. The van der Waals surface area contributed by atoms with Crippen molar-refractivity contribution in [1.82, 2.24) is 0 Å². The highest BCUT2D eigenvalue weighted by Crippen LogP contribution is 2.15. The van der Waals surface area contributed by atoms with Gasteiger partial charge in [0.2, 0.25) is 0 Å². The fourth-order valence-electron chi connectivity index (χ4n) is 3.66. The molecule has 0 aromatic heterocycles. The molecule has 0 aliphatic heterocycles. The summed E-state index contributed by atoms with van der Waals surface area (Å²) in [6.07, 6.45) is 31.6. The molecule has 0 rings (SSSR count). The molecule has 25 heavy (non-hydrogen) atoms. The molecule has 0 aliphatic carbocycles. The highest BCUT2D eigenvalue weighted by atomic mass is 32.1. The van der Waals surface area contributed by atoms with Gasteiger partial charge in [-0.15, -0.1) is 0 Å². The van der Waals surface area contributed by atoms with Gasteiger partial charge in [-0.1, -0.05) is 148 Å². The summed E-state index contributed by atoms with van der Waals surface area (Å²) in [4.78, 5) is 0. The monoisotopic (exact) mass is 368 g/mol. The van der Waals surface area contributed by atoms with E-state index in [0.29, 0.717) is 0 Å². The number of hydrogen-bond acceptors (Lipinski definition) is 1. The third-order valence-electron chi connectivity index (χ3n) is 5.43. The Labute approximate surface area is 165 Å². The van der Waals surface area contributed by atoms with Gasteiger partial charge in [-0.2, -0.15) is 0 Å². The van der Waals surface area contributed by atoms with Gasteiger partial charge in [-0.3, -0.25) is 0 Å². The number of thiocarbonyl (C=S) groups is 1. The van der Waals surface area contributed by atoms with Crippen molar-refractivity contribution in [2.75, 3.05) is 0 Å². The van der Waals surface area contributed by atoms with Crippen molar-refractivity contribution < 1.29 is 0 Å². The van der Waals surface area contributed by atoms with E-state index >= 15 is 0 Å². The van der Waals surface area contributed by atoms with Gasteiger partial charge in [0.15, 0.2) is 0 Å². The predicted octanol–water partition coefficient (Wildman–Crippen LogP) is 9.59. The first-order valence-corrected chi connectivity index (χ1v) is 12.3. The normalized spacial score (nSPS) is 11.1. The van der Waals surface area contributed by atoms with E-state index in [2.05, 4.69) is 6.92 Å². The first-order valence-electron chi connectivity index (χ1n) is 11.9. The Morgan fingerprint density at radius 1 is 0.400 bits per heavy atom. The van der Waals surface area contributed by atoms with Crippen LogP contribution >= 0.6 is 12.2 Å². The second-order valence-electron chi connectivity index (χ2n) is 8.03. The fourth-order valence-corrected chi connectivity index (χ4v) is 3.83. The summed E-state index contributed by atoms with van der Waals surface area (Å²) in [6, 6.07) is 0. The van der Waals surface area contributed by atoms with Gasteiger partial charge in [0, 0.05) is 0 Å². The van der Waals surface area contributed by atoms with Gasteiger partial charge >= 0.3 is 0 Å². The van der Waals surface area contributed by atoms with Crippen LogP contribution in [0.15, 0.2) is 0 Å². The number of hydrogen-bond donors (Lipinski definition) is 0. The lowest BCUT2D eigenvalue weighted by Gasteiger charge is -2.04. The average molecular weight is 369 g/mol. The minimum absolute atomic E-state index is 1.13. The molecule has 150 valence electrons. The molecule has 0 atom stereocenters. The third kappa shape index (κ3) is 24.1. The largest absolute Gasteiger partial charge is 0.0935 e. The van der Waals surface area contributed by atoms with Crippen LogP contribution in [-0.2, 0) is 0 Å². The Morgan fingerprint density at radius 3 is 0.880 bits per heavy atom. The summed E-state index contributed by atoms with van der Waals surface area (Å²) in [5.41, 5.74) is 0. The molecular formula is C24H48S. The molecule has 0 fully saturated rings. The first-order chi connectivity index (χ1) is 12.4. The zero-order chi connectivity index (χ0) is 18.3. The molecule has 0 aromatic carbocycles. The van der Waals surface area contributed by atoms with E-state index in [1.54, 1.807) is 0 Å². The second kappa shape index (κ2) is 24.1. The summed E-state index contributed by atoms with van der Waals surface area (Å²) in [5, 5.41) is 1.88. The molecule has 0 spiro atoms. The van der Waals surface area contributed by atoms with Crippen molar-refractivity contribution in [1.29, 1.82) is 0 Å². The Hall–Kier alpha value is 0.0900. The lowest BCUT2D eigenvalue weighted by Crippen LogP contribution is -1.84. The van der Waals surface area contributed by atoms with E-state index in [0.717, 1.165) is 6.42 Å². The Bertz CT molecular complexity index is 236. The van der Waals surface area contributed by atoms with E-state index in [-0.39, 0.29) is 0 Å². The summed E-state index contributed by atoms with van der Waals surface area (Å²) < 4.78 is 0. The summed E-state index contributed by atoms with van der Waals surface area (Å²) >= 11 is 4.85. The van der Waals surface area contributed by atoms with Crippen molar-refractivity contribution >= 4 is 17.6 Å².